The second kappa shape index (κ2) is 5.64. The maximum Gasteiger partial charge on any atom is 0.454 e. The SMILES string of the molecule is COCCN/C(C)=C/C(=O)C(F)(F)F. The zero-order chi connectivity index (χ0) is 11.2. The van der Waals surface area contributed by atoms with Crippen LogP contribution >= 0.6 is 0 Å². The van der Waals surface area contributed by atoms with E-state index in [0.29, 0.717) is 19.2 Å². The molecule has 0 saturated heterocycles. The average molecular weight is 211 g/mol. The third-order valence-electron chi connectivity index (χ3n) is 1.34. The van der Waals surface area contributed by atoms with Crippen LogP contribution in [0, 0.1) is 0 Å². The number of carbonyl (C=O) groups excluding carboxylic acids is 1. The molecule has 1 N–H and O–H groups in total. The molecule has 0 bridgehead atoms. The van der Waals surface area contributed by atoms with E-state index >= 15 is 0 Å². The number of hydrogen-bond acceptors (Lipinski definition) is 3. The molecule has 0 aromatic rings. The molecular formula is C8H12F3NO2. The smallest absolute Gasteiger partial charge is 0.386 e. The Bertz CT molecular complexity index is 223. The van der Waals surface area contributed by atoms with Crippen LogP contribution in [0.15, 0.2) is 11.8 Å². The molecule has 0 rings (SSSR count). The average Bonchev–Trinajstić information content (AvgIpc) is 2.03. The quantitative estimate of drug-likeness (QED) is 0.549. The molecule has 0 unspecified atom stereocenters. The number of ketones is 1. The maximum absolute atomic E-state index is 11.8. The Morgan fingerprint density at radius 2 is 2.07 bits per heavy atom. The van der Waals surface area contributed by atoms with Gasteiger partial charge < -0.3 is 10.1 Å². The van der Waals surface area contributed by atoms with Gasteiger partial charge in [-0.3, -0.25) is 4.79 Å². The molecule has 0 aliphatic rings. The van der Waals surface area contributed by atoms with Crippen molar-refractivity contribution in [2.75, 3.05) is 20.3 Å². The second-order valence-electron chi connectivity index (χ2n) is 2.61. The van der Waals surface area contributed by atoms with Crippen molar-refractivity contribution in [2.24, 2.45) is 0 Å². The third-order valence-corrected chi connectivity index (χ3v) is 1.34. The summed E-state index contributed by atoms with van der Waals surface area (Å²) in [6.07, 6.45) is -4.28. The summed E-state index contributed by atoms with van der Waals surface area (Å²) in [5.74, 6) is -1.86. The zero-order valence-corrected chi connectivity index (χ0v) is 7.94. The second-order valence-corrected chi connectivity index (χ2v) is 2.61. The minimum Gasteiger partial charge on any atom is -0.386 e. The number of rotatable bonds is 5. The molecule has 0 spiro atoms. The first-order valence-corrected chi connectivity index (χ1v) is 3.90. The van der Waals surface area contributed by atoms with Gasteiger partial charge in [-0.2, -0.15) is 13.2 Å². The van der Waals surface area contributed by atoms with Gasteiger partial charge in [0.1, 0.15) is 0 Å². The van der Waals surface area contributed by atoms with Crippen LogP contribution in [0.4, 0.5) is 13.2 Å². The number of hydrogen-bond donors (Lipinski definition) is 1. The Morgan fingerprint density at radius 3 is 2.50 bits per heavy atom. The van der Waals surface area contributed by atoms with Gasteiger partial charge in [0.25, 0.3) is 5.78 Å². The topological polar surface area (TPSA) is 38.3 Å². The fourth-order valence-electron chi connectivity index (χ4n) is 0.680. The molecule has 3 nitrogen and oxygen atoms in total. The van der Waals surface area contributed by atoms with Crippen molar-refractivity contribution < 1.29 is 22.7 Å². The first-order chi connectivity index (χ1) is 6.38. The van der Waals surface area contributed by atoms with E-state index in [4.69, 9.17) is 0 Å². The number of methoxy groups -OCH3 is 1. The van der Waals surface area contributed by atoms with Crippen molar-refractivity contribution >= 4 is 5.78 Å². The molecule has 0 radical (unpaired) electrons. The van der Waals surface area contributed by atoms with Gasteiger partial charge in [-0.25, -0.2) is 0 Å². The number of nitrogens with one attached hydrogen (secondary N) is 1. The predicted octanol–water partition coefficient (Wildman–Crippen LogP) is 1.26. The molecular weight excluding hydrogens is 199 g/mol. The van der Waals surface area contributed by atoms with Crippen molar-refractivity contribution in [1.29, 1.82) is 0 Å². The predicted molar refractivity (Wildman–Crippen MR) is 44.7 cm³/mol. The Labute approximate surface area is 79.9 Å². The fraction of sp³-hybridized carbons (Fsp3) is 0.625. The van der Waals surface area contributed by atoms with Crippen LogP contribution in [0.25, 0.3) is 0 Å². The molecule has 0 aromatic carbocycles. The van der Waals surface area contributed by atoms with Gasteiger partial charge in [0.15, 0.2) is 0 Å². The van der Waals surface area contributed by atoms with Crippen LogP contribution in [-0.4, -0.2) is 32.2 Å². The highest BCUT2D eigenvalue weighted by Gasteiger charge is 2.36. The molecule has 6 heteroatoms. The van der Waals surface area contributed by atoms with Crippen LogP contribution in [0.5, 0.6) is 0 Å². The van der Waals surface area contributed by atoms with E-state index in [0.717, 1.165) is 0 Å². The molecule has 0 aliphatic carbocycles. The lowest BCUT2D eigenvalue weighted by Crippen LogP contribution is -2.23. The van der Waals surface area contributed by atoms with E-state index in [1.807, 2.05) is 0 Å². The first kappa shape index (κ1) is 13.0. The van der Waals surface area contributed by atoms with E-state index in [-0.39, 0.29) is 5.70 Å². The van der Waals surface area contributed by atoms with E-state index < -0.39 is 12.0 Å². The highest BCUT2D eigenvalue weighted by atomic mass is 19.4. The molecule has 82 valence electrons. The number of carbonyl (C=O) groups is 1. The van der Waals surface area contributed by atoms with Crippen molar-refractivity contribution in [3.05, 3.63) is 11.8 Å². The van der Waals surface area contributed by atoms with Crippen LogP contribution in [-0.2, 0) is 9.53 Å². The summed E-state index contributed by atoms with van der Waals surface area (Å²) in [4.78, 5) is 10.4. The van der Waals surface area contributed by atoms with Gasteiger partial charge in [0.05, 0.1) is 6.61 Å². The van der Waals surface area contributed by atoms with Gasteiger partial charge in [-0.1, -0.05) is 0 Å². The Balaban J connectivity index is 4.04. The minimum atomic E-state index is -4.80. The third kappa shape index (κ3) is 5.58. The molecule has 0 amide bonds. The summed E-state index contributed by atoms with van der Waals surface area (Å²) in [6, 6.07) is 0. The summed E-state index contributed by atoms with van der Waals surface area (Å²) >= 11 is 0. The van der Waals surface area contributed by atoms with Crippen LogP contribution in [0.2, 0.25) is 0 Å². The van der Waals surface area contributed by atoms with Crippen molar-refractivity contribution in [3.8, 4) is 0 Å². The minimum absolute atomic E-state index is 0.171. The highest BCUT2D eigenvalue weighted by molar-refractivity contribution is 5.94. The fourth-order valence-corrected chi connectivity index (χ4v) is 0.680. The first-order valence-electron chi connectivity index (χ1n) is 3.90. The van der Waals surface area contributed by atoms with Crippen molar-refractivity contribution in [2.45, 2.75) is 13.1 Å². The summed E-state index contributed by atoms with van der Waals surface area (Å²) < 4.78 is 39.9. The van der Waals surface area contributed by atoms with E-state index in [1.54, 1.807) is 0 Å². The van der Waals surface area contributed by atoms with Crippen LogP contribution in [0.3, 0.4) is 0 Å². The lowest BCUT2D eigenvalue weighted by molar-refractivity contribution is -0.165. The number of alkyl halides is 3. The lowest BCUT2D eigenvalue weighted by atomic mass is 10.3. The van der Waals surface area contributed by atoms with E-state index in [2.05, 4.69) is 10.1 Å². The highest BCUT2D eigenvalue weighted by Crippen LogP contribution is 2.16. The summed E-state index contributed by atoms with van der Waals surface area (Å²) in [7, 11) is 1.47. The molecule has 0 heterocycles. The zero-order valence-electron chi connectivity index (χ0n) is 7.94. The van der Waals surface area contributed by atoms with Crippen LogP contribution in [0.1, 0.15) is 6.92 Å². The van der Waals surface area contributed by atoms with Gasteiger partial charge in [0.2, 0.25) is 0 Å². The maximum atomic E-state index is 11.8. The molecule has 0 atom stereocenters. The number of ether oxygens (including phenoxy) is 1. The monoisotopic (exact) mass is 211 g/mol. The lowest BCUT2D eigenvalue weighted by Gasteiger charge is -2.06. The Kier molecular flexibility index (Phi) is 5.22. The van der Waals surface area contributed by atoms with Gasteiger partial charge in [-0.05, 0) is 6.92 Å². The summed E-state index contributed by atoms with van der Waals surface area (Å²) in [5, 5.41) is 2.60. The molecule has 14 heavy (non-hydrogen) atoms. The number of halogens is 3. The molecule has 0 fully saturated rings. The Hall–Kier alpha value is -1.04. The van der Waals surface area contributed by atoms with Gasteiger partial charge >= 0.3 is 6.18 Å². The van der Waals surface area contributed by atoms with Crippen molar-refractivity contribution in [1.82, 2.24) is 5.32 Å². The molecule has 0 saturated carbocycles. The molecule has 0 aliphatic heterocycles. The van der Waals surface area contributed by atoms with E-state index in [9.17, 15) is 18.0 Å². The van der Waals surface area contributed by atoms with Gasteiger partial charge in [-0.15, -0.1) is 0 Å². The molecule has 0 aromatic heterocycles. The normalized spacial score (nSPS) is 12.8. The summed E-state index contributed by atoms with van der Waals surface area (Å²) in [6.45, 7) is 2.12. The van der Waals surface area contributed by atoms with E-state index in [1.165, 1.54) is 14.0 Å². The Morgan fingerprint density at radius 1 is 1.50 bits per heavy atom. The largest absolute Gasteiger partial charge is 0.454 e. The van der Waals surface area contributed by atoms with Crippen molar-refractivity contribution in [3.63, 3.8) is 0 Å². The van der Waals surface area contributed by atoms with Crippen LogP contribution < -0.4 is 5.32 Å². The standard InChI is InChI=1S/C8H12F3NO2/c1-6(12-3-4-14-2)5-7(13)8(9,10)11/h5,12H,3-4H2,1-2H3/b6-5+. The van der Waals surface area contributed by atoms with Gasteiger partial charge in [0, 0.05) is 25.4 Å². The number of allylic oxidation sites excluding steroid dienone is 2. The summed E-state index contributed by atoms with van der Waals surface area (Å²) in [5.41, 5.74) is 0.171.